The van der Waals surface area contributed by atoms with Crippen molar-refractivity contribution in [3.05, 3.63) is 48.0 Å². The molecule has 2 rings (SSSR count). The van der Waals surface area contributed by atoms with Gasteiger partial charge in [-0.2, -0.15) is 8.42 Å². The number of ether oxygens (including phenoxy) is 1. The van der Waals surface area contributed by atoms with Gasteiger partial charge in [0.2, 0.25) is 0 Å². The van der Waals surface area contributed by atoms with Gasteiger partial charge in [0.05, 0.1) is 0 Å². The first kappa shape index (κ1) is 23.6. The van der Waals surface area contributed by atoms with Crippen LogP contribution in [0.15, 0.2) is 47.4 Å². The Bertz CT molecular complexity index is 791. The molecular formula is C19H23KO5S. The van der Waals surface area contributed by atoms with Crippen LogP contribution in [0.5, 0.6) is 17.2 Å². The normalized spacial score (nSPS) is 11.0. The molecule has 7 heteroatoms. The van der Waals surface area contributed by atoms with E-state index in [4.69, 9.17) is 4.74 Å². The van der Waals surface area contributed by atoms with E-state index < -0.39 is 20.8 Å². The molecule has 0 spiro atoms. The molecule has 0 saturated carbocycles. The van der Waals surface area contributed by atoms with Crippen molar-refractivity contribution in [2.24, 2.45) is 0 Å². The van der Waals surface area contributed by atoms with E-state index in [1.807, 2.05) is 0 Å². The first-order valence-corrected chi connectivity index (χ1v) is 9.90. The summed E-state index contributed by atoms with van der Waals surface area (Å²) in [6, 6.07) is 11.0. The van der Waals surface area contributed by atoms with E-state index in [1.54, 1.807) is 30.3 Å². The largest absolute Gasteiger partial charge is 1.00 e. The smallest absolute Gasteiger partial charge is 0.872 e. The molecule has 0 atom stereocenters. The first-order chi connectivity index (χ1) is 11.9. The van der Waals surface area contributed by atoms with Gasteiger partial charge in [0.15, 0.2) is 0 Å². The fraction of sp³-hybridized carbons (Fsp3) is 0.368. The SMILES string of the molecule is CCCCCCCc1cc(Oc2ccccc2)c(S(=O)(=O)O)cc1[O-].[K+]. The summed E-state index contributed by atoms with van der Waals surface area (Å²) in [5, 5.41) is 12.2. The standard InChI is InChI=1S/C19H24O5S.K/c1-2-3-4-5-7-10-15-13-18(24-16-11-8-6-9-12-16)19(14-17(15)20)25(21,22)23;/h6,8-9,11-14,20H,2-5,7,10H2,1H3,(H,21,22,23);/q;+1/p-1. The molecule has 5 nitrogen and oxygen atoms in total. The minimum absolute atomic E-state index is 0. The summed E-state index contributed by atoms with van der Waals surface area (Å²) in [6.07, 6.45) is 5.84. The predicted octanol–water partition coefficient (Wildman–Crippen LogP) is 1.32. The predicted molar refractivity (Wildman–Crippen MR) is 94.7 cm³/mol. The average molecular weight is 403 g/mol. The number of hydrogen-bond donors (Lipinski definition) is 1. The van der Waals surface area contributed by atoms with Crippen LogP contribution in [0.1, 0.15) is 44.6 Å². The maximum atomic E-state index is 12.2. The van der Waals surface area contributed by atoms with Crippen LogP contribution in [0.2, 0.25) is 0 Å². The van der Waals surface area contributed by atoms with Gasteiger partial charge in [-0.1, -0.05) is 56.4 Å². The van der Waals surface area contributed by atoms with E-state index in [9.17, 15) is 18.1 Å². The number of para-hydroxylation sites is 1. The van der Waals surface area contributed by atoms with Crippen molar-refractivity contribution in [2.45, 2.75) is 50.3 Å². The Hall–Kier alpha value is -0.414. The second-order valence-electron chi connectivity index (χ2n) is 5.96. The average Bonchev–Trinajstić information content (AvgIpc) is 2.57. The molecule has 0 aliphatic carbocycles. The van der Waals surface area contributed by atoms with Crippen molar-refractivity contribution in [3.63, 3.8) is 0 Å². The molecule has 0 heterocycles. The van der Waals surface area contributed by atoms with Gasteiger partial charge in [0.1, 0.15) is 16.4 Å². The summed E-state index contributed by atoms with van der Waals surface area (Å²) in [5.74, 6) is 0.000307. The number of unbranched alkanes of at least 4 members (excludes halogenated alkanes) is 4. The molecule has 0 aliphatic heterocycles. The number of hydrogen-bond acceptors (Lipinski definition) is 4. The van der Waals surface area contributed by atoms with Crippen LogP contribution < -0.4 is 61.2 Å². The van der Waals surface area contributed by atoms with Crippen LogP contribution in [0.3, 0.4) is 0 Å². The van der Waals surface area contributed by atoms with Gasteiger partial charge in [-0.3, -0.25) is 4.55 Å². The van der Waals surface area contributed by atoms with Gasteiger partial charge < -0.3 is 9.84 Å². The Kier molecular flexibility index (Phi) is 10.4. The molecular weight excluding hydrogens is 379 g/mol. The number of rotatable bonds is 9. The van der Waals surface area contributed by atoms with Crippen molar-refractivity contribution in [3.8, 4) is 17.2 Å². The van der Waals surface area contributed by atoms with Crippen LogP contribution in [0.4, 0.5) is 0 Å². The van der Waals surface area contributed by atoms with Crippen LogP contribution >= 0.6 is 0 Å². The molecule has 1 N–H and O–H groups in total. The van der Waals surface area contributed by atoms with E-state index in [0.29, 0.717) is 17.7 Å². The summed E-state index contributed by atoms with van der Waals surface area (Å²) in [4.78, 5) is -0.504. The first-order valence-electron chi connectivity index (χ1n) is 8.46. The van der Waals surface area contributed by atoms with E-state index in [-0.39, 0.29) is 57.1 Å². The fourth-order valence-electron chi connectivity index (χ4n) is 2.59. The molecule has 0 saturated heterocycles. The van der Waals surface area contributed by atoms with Gasteiger partial charge in [-0.15, -0.1) is 5.75 Å². The quantitative estimate of drug-likeness (QED) is 0.388. The van der Waals surface area contributed by atoms with E-state index in [0.717, 1.165) is 38.2 Å². The van der Waals surface area contributed by atoms with Crippen molar-refractivity contribution < 1.29 is 74.2 Å². The third-order valence-electron chi connectivity index (χ3n) is 3.93. The minimum atomic E-state index is -4.55. The summed E-state index contributed by atoms with van der Waals surface area (Å²) >= 11 is 0. The molecule has 0 bridgehead atoms. The minimum Gasteiger partial charge on any atom is -0.872 e. The molecule has 136 valence electrons. The maximum absolute atomic E-state index is 12.2. The second kappa shape index (κ2) is 11.4. The maximum Gasteiger partial charge on any atom is 1.00 e. The Balaban J connectivity index is 0.00000338. The molecule has 2 aromatic rings. The third-order valence-corrected chi connectivity index (χ3v) is 4.80. The molecule has 0 aliphatic rings. The Morgan fingerprint density at radius 3 is 2.31 bits per heavy atom. The molecule has 0 fully saturated rings. The van der Waals surface area contributed by atoms with Crippen LogP contribution in [-0.2, 0) is 16.5 Å². The van der Waals surface area contributed by atoms with Gasteiger partial charge >= 0.3 is 51.4 Å². The van der Waals surface area contributed by atoms with Crippen LogP contribution in [0, 0.1) is 0 Å². The Labute approximate surface area is 198 Å². The van der Waals surface area contributed by atoms with Gasteiger partial charge in [-0.25, -0.2) is 0 Å². The van der Waals surface area contributed by atoms with Gasteiger partial charge in [-0.05, 0) is 37.1 Å². The van der Waals surface area contributed by atoms with Crippen LogP contribution in [-0.4, -0.2) is 13.0 Å². The van der Waals surface area contributed by atoms with E-state index in [2.05, 4.69) is 6.92 Å². The molecule has 0 amide bonds. The second-order valence-corrected chi connectivity index (χ2v) is 7.35. The third kappa shape index (κ3) is 7.30. The van der Waals surface area contributed by atoms with Crippen molar-refractivity contribution in [2.75, 3.05) is 0 Å². The van der Waals surface area contributed by atoms with Gasteiger partial charge in [0, 0.05) is 0 Å². The summed E-state index contributed by atoms with van der Waals surface area (Å²) in [6.45, 7) is 2.14. The number of benzene rings is 2. The molecule has 26 heavy (non-hydrogen) atoms. The monoisotopic (exact) mass is 402 g/mol. The van der Waals surface area contributed by atoms with E-state index in [1.165, 1.54) is 6.07 Å². The van der Waals surface area contributed by atoms with Crippen molar-refractivity contribution >= 4 is 10.1 Å². The van der Waals surface area contributed by atoms with Crippen molar-refractivity contribution in [1.82, 2.24) is 0 Å². The topological polar surface area (TPSA) is 86.7 Å². The zero-order valence-electron chi connectivity index (χ0n) is 15.3. The van der Waals surface area contributed by atoms with Crippen LogP contribution in [0.25, 0.3) is 0 Å². The fourth-order valence-corrected chi connectivity index (χ4v) is 3.21. The van der Waals surface area contributed by atoms with E-state index >= 15 is 0 Å². The number of aryl methyl sites for hydroxylation is 1. The molecule has 0 radical (unpaired) electrons. The summed E-state index contributed by atoms with van der Waals surface area (Å²) in [5.41, 5.74) is 0.495. The molecule has 2 aromatic carbocycles. The Morgan fingerprint density at radius 1 is 1.04 bits per heavy atom. The zero-order valence-corrected chi connectivity index (χ0v) is 19.2. The Morgan fingerprint density at radius 2 is 1.69 bits per heavy atom. The van der Waals surface area contributed by atoms with Gasteiger partial charge in [0.25, 0.3) is 10.1 Å². The summed E-state index contributed by atoms with van der Waals surface area (Å²) in [7, 11) is -4.55. The van der Waals surface area contributed by atoms with Crippen molar-refractivity contribution in [1.29, 1.82) is 0 Å². The summed E-state index contributed by atoms with van der Waals surface area (Å²) < 4.78 is 38.1. The molecule has 0 unspecified atom stereocenters. The zero-order chi connectivity index (χ0) is 18.3. The molecule has 0 aromatic heterocycles.